The van der Waals surface area contributed by atoms with Crippen molar-refractivity contribution >= 4 is 11.6 Å². The van der Waals surface area contributed by atoms with Crippen LogP contribution in [0.25, 0.3) is 0 Å². The second-order valence-electron chi connectivity index (χ2n) is 6.02. The third-order valence-electron chi connectivity index (χ3n) is 5.01. The lowest BCUT2D eigenvalue weighted by Gasteiger charge is -2.17. The van der Waals surface area contributed by atoms with Crippen molar-refractivity contribution in [2.45, 2.75) is 38.1 Å². The Kier molecular flexibility index (Phi) is 3.81. The van der Waals surface area contributed by atoms with Crippen molar-refractivity contribution in [3.05, 3.63) is 34.6 Å². The summed E-state index contributed by atoms with van der Waals surface area (Å²) >= 11 is 6.18. The molecule has 3 heteroatoms. The predicted molar refractivity (Wildman–Crippen MR) is 76.9 cm³/mol. The lowest BCUT2D eigenvalue weighted by Crippen LogP contribution is -2.31. The van der Waals surface area contributed by atoms with E-state index in [4.69, 9.17) is 11.6 Å². The smallest absolute Gasteiger partial charge is 0.123 e. The van der Waals surface area contributed by atoms with Gasteiger partial charge in [-0.25, -0.2) is 4.39 Å². The van der Waals surface area contributed by atoms with Gasteiger partial charge in [-0.1, -0.05) is 24.4 Å². The zero-order valence-corrected chi connectivity index (χ0v) is 12.1. The van der Waals surface area contributed by atoms with E-state index < -0.39 is 0 Å². The fourth-order valence-electron chi connectivity index (χ4n) is 4.01. The van der Waals surface area contributed by atoms with Crippen LogP contribution < -0.4 is 5.32 Å². The first-order chi connectivity index (χ1) is 9.20. The van der Waals surface area contributed by atoms with E-state index in [1.807, 2.05) is 7.05 Å². The number of likely N-dealkylation sites (N-methyl/N-ethyl adjacent to an activating group) is 1. The molecule has 1 aromatic carbocycles. The molecule has 104 valence electrons. The third kappa shape index (κ3) is 2.66. The average Bonchev–Trinajstić information content (AvgIpc) is 3.14. The van der Waals surface area contributed by atoms with Gasteiger partial charge in [0.1, 0.15) is 5.82 Å². The third-order valence-corrected chi connectivity index (χ3v) is 5.37. The molecule has 3 rings (SSSR count). The van der Waals surface area contributed by atoms with E-state index in [9.17, 15) is 4.39 Å². The van der Waals surface area contributed by atoms with Gasteiger partial charge in [-0.3, -0.25) is 0 Å². The van der Waals surface area contributed by atoms with E-state index in [2.05, 4.69) is 5.32 Å². The topological polar surface area (TPSA) is 12.0 Å². The van der Waals surface area contributed by atoms with Crippen molar-refractivity contribution in [2.75, 3.05) is 7.05 Å². The molecular weight excluding hydrogens is 261 g/mol. The minimum atomic E-state index is -0.192. The van der Waals surface area contributed by atoms with Gasteiger partial charge in [0.25, 0.3) is 0 Å². The normalized spacial score (nSPS) is 30.8. The van der Waals surface area contributed by atoms with E-state index in [0.29, 0.717) is 11.1 Å². The molecule has 0 amide bonds. The zero-order chi connectivity index (χ0) is 13.4. The number of benzene rings is 1. The average molecular weight is 282 g/mol. The number of halogens is 2. The first-order valence-corrected chi connectivity index (χ1v) is 7.69. The van der Waals surface area contributed by atoms with Gasteiger partial charge in [-0.2, -0.15) is 0 Å². The molecular formula is C16H21ClFN. The molecule has 0 bridgehead atoms. The van der Waals surface area contributed by atoms with Crippen LogP contribution in [0.5, 0.6) is 0 Å². The highest BCUT2D eigenvalue weighted by molar-refractivity contribution is 6.31. The summed E-state index contributed by atoms with van der Waals surface area (Å²) in [6, 6.07) is 5.11. The minimum Gasteiger partial charge on any atom is -0.316 e. The standard InChI is InChI=1S/C16H21ClFN/c1-19-15(16-12-4-2-3-5-13(12)16)9-10-8-11(18)6-7-14(10)17/h6-8,12-13,15-16,19H,2-5,9H2,1H3. The molecule has 1 nitrogen and oxygen atoms in total. The molecule has 0 spiro atoms. The molecule has 19 heavy (non-hydrogen) atoms. The number of hydrogen-bond donors (Lipinski definition) is 1. The second kappa shape index (κ2) is 5.41. The Bertz CT molecular complexity index is 450. The molecule has 2 fully saturated rings. The van der Waals surface area contributed by atoms with Gasteiger partial charge in [0, 0.05) is 11.1 Å². The van der Waals surface area contributed by atoms with Crippen molar-refractivity contribution in [1.82, 2.24) is 5.32 Å². The summed E-state index contributed by atoms with van der Waals surface area (Å²) in [6.45, 7) is 0. The molecule has 2 aliphatic rings. The van der Waals surface area contributed by atoms with Crippen LogP contribution in [0.2, 0.25) is 5.02 Å². The monoisotopic (exact) mass is 281 g/mol. The van der Waals surface area contributed by atoms with Crippen LogP contribution in [0.3, 0.4) is 0 Å². The highest BCUT2D eigenvalue weighted by atomic mass is 35.5. The van der Waals surface area contributed by atoms with Crippen molar-refractivity contribution in [2.24, 2.45) is 17.8 Å². The molecule has 1 N–H and O–H groups in total. The largest absolute Gasteiger partial charge is 0.316 e. The van der Waals surface area contributed by atoms with Gasteiger partial charge in [0.15, 0.2) is 0 Å². The molecule has 0 radical (unpaired) electrons. The molecule has 3 atom stereocenters. The van der Waals surface area contributed by atoms with Crippen LogP contribution in [0, 0.1) is 23.6 Å². The summed E-state index contributed by atoms with van der Waals surface area (Å²) in [5.41, 5.74) is 0.935. The fourth-order valence-corrected chi connectivity index (χ4v) is 4.21. The Labute approximate surface area is 119 Å². The van der Waals surface area contributed by atoms with Crippen molar-refractivity contribution < 1.29 is 4.39 Å². The number of hydrogen-bond acceptors (Lipinski definition) is 1. The van der Waals surface area contributed by atoms with Gasteiger partial charge >= 0.3 is 0 Å². The first kappa shape index (κ1) is 13.4. The Morgan fingerprint density at radius 2 is 2.00 bits per heavy atom. The van der Waals surface area contributed by atoms with E-state index in [0.717, 1.165) is 29.7 Å². The molecule has 3 unspecified atom stereocenters. The number of nitrogens with one attached hydrogen (secondary N) is 1. The Morgan fingerprint density at radius 1 is 1.32 bits per heavy atom. The van der Waals surface area contributed by atoms with Gasteiger partial charge in [0.05, 0.1) is 0 Å². The lowest BCUT2D eigenvalue weighted by molar-refractivity contribution is 0.459. The number of fused-ring (bicyclic) bond motifs is 1. The fraction of sp³-hybridized carbons (Fsp3) is 0.625. The van der Waals surface area contributed by atoms with Gasteiger partial charge in [-0.05, 0) is 67.8 Å². The quantitative estimate of drug-likeness (QED) is 0.878. The maximum Gasteiger partial charge on any atom is 0.123 e. The van der Waals surface area contributed by atoms with Crippen LogP contribution in [-0.4, -0.2) is 13.1 Å². The van der Waals surface area contributed by atoms with E-state index in [-0.39, 0.29) is 5.82 Å². The SMILES string of the molecule is CNC(Cc1cc(F)ccc1Cl)C1C2CCCCC21. The molecule has 1 aromatic rings. The highest BCUT2D eigenvalue weighted by Gasteiger charge is 2.53. The maximum absolute atomic E-state index is 13.3. The molecule has 2 aliphatic carbocycles. The lowest BCUT2D eigenvalue weighted by atomic mass is 10.00. The molecule has 0 aromatic heterocycles. The zero-order valence-electron chi connectivity index (χ0n) is 11.3. The van der Waals surface area contributed by atoms with Crippen LogP contribution in [0.1, 0.15) is 31.2 Å². The van der Waals surface area contributed by atoms with E-state index in [1.165, 1.54) is 31.7 Å². The predicted octanol–water partition coefficient (Wildman–Crippen LogP) is 4.05. The van der Waals surface area contributed by atoms with Crippen molar-refractivity contribution in [1.29, 1.82) is 0 Å². The van der Waals surface area contributed by atoms with Gasteiger partial charge in [0.2, 0.25) is 0 Å². The Morgan fingerprint density at radius 3 is 2.63 bits per heavy atom. The molecule has 0 heterocycles. The summed E-state index contributed by atoms with van der Waals surface area (Å²) in [5.74, 6) is 2.38. The summed E-state index contributed by atoms with van der Waals surface area (Å²) in [4.78, 5) is 0. The van der Waals surface area contributed by atoms with Crippen LogP contribution >= 0.6 is 11.6 Å². The van der Waals surface area contributed by atoms with Crippen molar-refractivity contribution in [3.63, 3.8) is 0 Å². The second-order valence-corrected chi connectivity index (χ2v) is 6.43. The summed E-state index contributed by atoms with van der Waals surface area (Å²) in [5, 5.41) is 4.12. The maximum atomic E-state index is 13.3. The van der Waals surface area contributed by atoms with Crippen molar-refractivity contribution in [3.8, 4) is 0 Å². The van der Waals surface area contributed by atoms with Crippen LogP contribution in [0.4, 0.5) is 4.39 Å². The van der Waals surface area contributed by atoms with Gasteiger partial charge < -0.3 is 5.32 Å². The van der Waals surface area contributed by atoms with E-state index in [1.54, 1.807) is 12.1 Å². The highest BCUT2D eigenvalue weighted by Crippen LogP contribution is 2.57. The molecule has 2 saturated carbocycles. The Hall–Kier alpha value is -0.600. The summed E-state index contributed by atoms with van der Waals surface area (Å²) < 4.78 is 13.3. The van der Waals surface area contributed by atoms with Crippen LogP contribution in [-0.2, 0) is 6.42 Å². The van der Waals surface area contributed by atoms with Gasteiger partial charge in [-0.15, -0.1) is 0 Å². The summed E-state index contributed by atoms with van der Waals surface area (Å²) in [6.07, 6.45) is 6.36. The summed E-state index contributed by atoms with van der Waals surface area (Å²) in [7, 11) is 2.02. The minimum absolute atomic E-state index is 0.192. The van der Waals surface area contributed by atoms with Crippen LogP contribution in [0.15, 0.2) is 18.2 Å². The Balaban J connectivity index is 1.72. The van der Waals surface area contributed by atoms with E-state index >= 15 is 0 Å². The number of rotatable bonds is 4. The molecule has 0 aliphatic heterocycles. The first-order valence-electron chi connectivity index (χ1n) is 7.32. The molecule has 0 saturated heterocycles.